The summed E-state index contributed by atoms with van der Waals surface area (Å²) < 4.78 is 0. The average Bonchev–Trinajstić information content (AvgIpc) is 2.34. The van der Waals surface area contributed by atoms with Gasteiger partial charge in [0.15, 0.2) is 0 Å². The number of halogens is 2. The molecule has 0 spiro atoms. The Bertz CT molecular complexity index is 335. The molecule has 0 N–H and O–H groups in total. The molecule has 1 fully saturated rings. The van der Waals surface area contributed by atoms with Crippen LogP contribution < -0.4 is 0 Å². The van der Waals surface area contributed by atoms with Crippen LogP contribution in [0.4, 0.5) is 0 Å². The fourth-order valence-corrected chi connectivity index (χ4v) is 2.91. The molecule has 0 amide bonds. The first-order valence-electron chi connectivity index (χ1n) is 6.31. The molecule has 96 valence electrons. The summed E-state index contributed by atoms with van der Waals surface area (Å²) in [6.45, 7) is 4.70. The first kappa shape index (κ1) is 14.8. The number of hydrogen-bond donors (Lipinski definition) is 0. The quantitative estimate of drug-likeness (QED) is 0.772. The zero-order valence-corrected chi connectivity index (χ0v) is 11.9. The fraction of sp³-hybridized carbons (Fsp3) is 0.571. The Morgan fingerprint density at radius 3 is 2.41 bits per heavy atom. The van der Waals surface area contributed by atoms with Crippen LogP contribution in [0.2, 0.25) is 5.02 Å². The zero-order chi connectivity index (χ0) is 11.4. The van der Waals surface area contributed by atoms with E-state index in [1.165, 1.54) is 37.9 Å². The van der Waals surface area contributed by atoms with E-state index in [0.717, 1.165) is 11.4 Å². The van der Waals surface area contributed by atoms with Gasteiger partial charge in [-0.3, -0.25) is 4.90 Å². The molecule has 1 aromatic carbocycles. The third kappa shape index (κ3) is 3.61. The van der Waals surface area contributed by atoms with Gasteiger partial charge in [0.1, 0.15) is 0 Å². The third-order valence-electron chi connectivity index (χ3n) is 3.48. The summed E-state index contributed by atoms with van der Waals surface area (Å²) in [4.78, 5) is 2.59. The van der Waals surface area contributed by atoms with Crippen LogP contribution in [-0.2, 0) is 0 Å². The predicted molar refractivity (Wildman–Crippen MR) is 77.2 cm³/mol. The van der Waals surface area contributed by atoms with E-state index in [9.17, 15) is 0 Å². The molecule has 1 saturated heterocycles. The lowest BCUT2D eigenvalue weighted by Gasteiger charge is -2.34. The van der Waals surface area contributed by atoms with Gasteiger partial charge in [-0.15, -0.1) is 12.4 Å². The van der Waals surface area contributed by atoms with Gasteiger partial charge in [-0.1, -0.05) is 43.1 Å². The molecule has 0 aromatic heterocycles. The molecule has 0 radical (unpaired) electrons. The minimum Gasteiger partial charge on any atom is -0.296 e. The van der Waals surface area contributed by atoms with Gasteiger partial charge in [-0.2, -0.15) is 0 Å². The summed E-state index contributed by atoms with van der Waals surface area (Å²) in [5, 5.41) is 0.917. The van der Waals surface area contributed by atoms with Gasteiger partial charge in [0, 0.05) is 11.1 Å². The Kier molecular flexibility index (Phi) is 6.32. The maximum absolute atomic E-state index is 6.29. The topological polar surface area (TPSA) is 3.24 Å². The summed E-state index contributed by atoms with van der Waals surface area (Å²) in [6.07, 6.45) is 5.20. The predicted octanol–water partition coefficient (Wildman–Crippen LogP) is 4.70. The zero-order valence-electron chi connectivity index (χ0n) is 10.4. The number of piperidine rings is 1. The van der Waals surface area contributed by atoms with Crippen molar-refractivity contribution in [3.63, 3.8) is 0 Å². The number of benzene rings is 1. The second-order valence-corrected chi connectivity index (χ2v) is 4.95. The first-order valence-corrected chi connectivity index (χ1v) is 6.69. The van der Waals surface area contributed by atoms with Crippen molar-refractivity contribution in [3.8, 4) is 0 Å². The standard InChI is InChI=1S/C14H20ClN.ClH/c1-2-14(16-10-6-3-7-11-16)12-8-4-5-9-13(12)15;/h4-5,8-9,14H,2-3,6-7,10-11H2,1H3;1H. The van der Waals surface area contributed by atoms with Crippen LogP contribution in [0.25, 0.3) is 0 Å². The van der Waals surface area contributed by atoms with Crippen LogP contribution in [0.3, 0.4) is 0 Å². The van der Waals surface area contributed by atoms with E-state index in [1.807, 2.05) is 12.1 Å². The largest absolute Gasteiger partial charge is 0.296 e. The van der Waals surface area contributed by atoms with Crippen molar-refractivity contribution in [2.75, 3.05) is 13.1 Å². The van der Waals surface area contributed by atoms with Crippen molar-refractivity contribution in [1.29, 1.82) is 0 Å². The summed E-state index contributed by atoms with van der Waals surface area (Å²) in [5.74, 6) is 0. The van der Waals surface area contributed by atoms with Crippen LogP contribution in [0, 0.1) is 0 Å². The first-order chi connectivity index (χ1) is 7.83. The highest BCUT2D eigenvalue weighted by atomic mass is 35.5. The lowest BCUT2D eigenvalue weighted by Crippen LogP contribution is -2.33. The Morgan fingerprint density at radius 1 is 1.18 bits per heavy atom. The second-order valence-electron chi connectivity index (χ2n) is 4.54. The lowest BCUT2D eigenvalue weighted by atomic mass is 9.99. The minimum atomic E-state index is 0. The lowest BCUT2D eigenvalue weighted by molar-refractivity contribution is 0.159. The fourth-order valence-electron chi connectivity index (χ4n) is 2.65. The van der Waals surface area contributed by atoms with Gasteiger partial charge in [0.05, 0.1) is 0 Å². The monoisotopic (exact) mass is 273 g/mol. The third-order valence-corrected chi connectivity index (χ3v) is 3.83. The summed E-state index contributed by atoms with van der Waals surface area (Å²) in [7, 11) is 0. The Morgan fingerprint density at radius 2 is 1.82 bits per heavy atom. The number of likely N-dealkylation sites (tertiary alicyclic amines) is 1. The van der Waals surface area contributed by atoms with Gasteiger partial charge in [-0.25, -0.2) is 0 Å². The van der Waals surface area contributed by atoms with Gasteiger partial charge < -0.3 is 0 Å². The number of rotatable bonds is 3. The van der Waals surface area contributed by atoms with Gasteiger partial charge in [0.2, 0.25) is 0 Å². The Balaban J connectivity index is 0.00000144. The van der Waals surface area contributed by atoms with Crippen LogP contribution in [-0.4, -0.2) is 18.0 Å². The molecule has 0 bridgehead atoms. The van der Waals surface area contributed by atoms with Crippen molar-refractivity contribution >= 4 is 24.0 Å². The van der Waals surface area contributed by atoms with Gasteiger partial charge >= 0.3 is 0 Å². The maximum Gasteiger partial charge on any atom is 0.0453 e. The Hall–Kier alpha value is -0.240. The molecule has 1 unspecified atom stereocenters. The molecule has 0 saturated carbocycles. The van der Waals surface area contributed by atoms with E-state index in [1.54, 1.807) is 0 Å². The van der Waals surface area contributed by atoms with Crippen LogP contribution in [0.1, 0.15) is 44.2 Å². The van der Waals surface area contributed by atoms with E-state index in [-0.39, 0.29) is 12.4 Å². The van der Waals surface area contributed by atoms with E-state index in [0.29, 0.717) is 6.04 Å². The van der Waals surface area contributed by atoms with E-state index in [4.69, 9.17) is 11.6 Å². The van der Waals surface area contributed by atoms with Crippen molar-refractivity contribution in [3.05, 3.63) is 34.9 Å². The maximum atomic E-state index is 6.29. The molecule has 2 rings (SSSR count). The molecule has 1 aliphatic rings. The van der Waals surface area contributed by atoms with Crippen molar-refractivity contribution < 1.29 is 0 Å². The molecule has 3 heteroatoms. The van der Waals surface area contributed by atoms with Crippen molar-refractivity contribution in [2.45, 2.75) is 38.6 Å². The summed E-state index contributed by atoms with van der Waals surface area (Å²) in [5.41, 5.74) is 1.30. The Labute approximate surface area is 116 Å². The summed E-state index contributed by atoms with van der Waals surface area (Å²) in [6, 6.07) is 8.78. The second kappa shape index (κ2) is 7.25. The molecule has 1 nitrogen and oxygen atoms in total. The molecule has 1 aromatic rings. The van der Waals surface area contributed by atoms with Crippen molar-refractivity contribution in [2.24, 2.45) is 0 Å². The highest BCUT2D eigenvalue weighted by molar-refractivity contribution is 6.31. The van der Waals surface area contributed by atoms with Gasteiger partial charge in [0.25, 0.3) is 0 Å². The van der Waals surface area contributed by atoms with E-state index >= 15 is 0 Å². The van der Waals surface area contributed by atoms with Crippen LogP contribution in [0.15, 0.2) is 24.3 Å². The molecular weight excluding hydrogens is 253 g/mol. The van der Waals surface area contributed by atoms with E-state index < -0.39 is 0 Å². The molecule has 17 heavy (non-hydrogen) atoms. The SMILES string of the molecule is CCC(c1ccccc1Cl)N1CCCCC1.Cl. The number of hydrogen-bond acceptors (Lipinski definition) is 1. The normalized spacial score (nSPS) is 18.5. The van der Waals surface area contributed by atoms with Gasteiger partial charge in [-0.05, 0) is 44.0 Å². The van der Waals surface area contributed by atoms with Crippen molar-refractivity contribution in [1.82, 2.24) is 4.90 Å². The molecule has 1 atom stereocenters. The minimum absolute atomic E-state index is 0. The van der Waals surface area contributed by atoms with E-state index in [2.05, 4.69) is 24.0 Å². The molecule has 1 aliphatic heterocycles. The van der Waals surface area contributed by atoms with Crippen LogP contribution in [0.5, 0.6) is 0 Å². The summed E-state index contributed by atoms with van der Waals surface area (Å²) >= 11 is 6.29. The highest BCUT2D eigenvalue weighted by Crippen LogP contribution is 2.31. The highest BCUT2D eigenvalue weighted by Gasteiger charge is 2.21. The average molecular weight is 274 g/mol. The van der Waals surface area contributed by atoms with Crippen LogP contribution >= 0.6 is 24.0 Å². The smallest absolute Gasteiger partial charge is 0.0453 e. The molecule has 1 heterocycles. The molecular formula is C14H21Cl2N. The molecule has 0 aliphatic carbocycles. The number of nitrogens with zero attached hydrogens (tertiary/aromatic N) is 1.